The fourth-order valence-electron chi connectivity index (χ4n) is 6.89. The number of aromatic nitrogens is 2. The highest BCUT2D eigenvalue weighted by Gasteiger charge is 2.30. The van der Waals surface area contributed by atoms with E-state index < -0.39 is 0 Å². The zero-order chi connectivity index (χ0) is 33.9. The van der Waals surface area contributed by atoms with Gasteiger partial charge in [-0.25, -0.2) is 4.98 Å². The first-order valence-electron chi connectivity index (χ1n) is 17.1. The van der Waals surface area contributed by atoms with Crippen LogP contribution in [0.15, 0.2) is 134 Å². The smallest absolute Gasteiger partial charge is 0.137 e. The molecule has 0 N–H and O–H groups in total. The first kappa shape index (κ1) is 30.8. The number of para-hydroxylation sites is 3. The lowest BCUT2D eigenvalue weighted by Crippen LogP contribution is -2.25. The van der Waals surface area contributed by atoms with Crippen molar-refractivity contribution in [3.8, 4) is 17.3 Å². The van der Waals surface area contributed by atoms with Crippen molar-refractivity contribution in [3.63, 3.8) is 0 Å². The standard InChI is InChI=1S/C44H42N4O/c1-43(2,3)30-24-31(44(4,5)6)26-33(25-30)47-29-46(39-18-9-10-19-40(39)47)32-14-13-15-34(27-32)49-35-21-22-37-36-16-7-8-17-38(36)48(41(37)28-35)42-20-11-12-23-45-42/h7-28H,29H2,1-6H3. The maximum absolute atomic E-state index is 6.61. The van der Waals surface area contributed by atoms with Gasteiger partial charge in [-0.15, -0.1) is 0 Å². The minimum absolute atomic E-state index is 0.0373. The Morgan fingerprint density at radius 2 is 1.16 bits per heavy atom. The molecule has 5 nitrogen and oxygen atoms in total. The molecule has 0 fully saturated rings. The van der Waals surface area contributed by atoms with Crippen LogP contribution in [0.2, 0.25) is 0 Å². The average Bonchev–Trinajstić information content (AvgIpc) is 3.64. The van der Waals surface area contributed by atoms with Crippen molar-refractivity contribution in [2.45, 2.75) is 52.4 Å². The largest absolute Gasteiger partial charge is 0.457 e. The van der Waals surface area contributed by atoms with Crippen molar-refractivity contribution >= 4 is 44.6 Å². The summed E-state index contributed by atoms with van der Waals surface area (Å²) in [7, 11) is 0. The maximum Gasteiger partial charge on any atom is 0.137 e. The molecule has 0 unspecified atom stereocenters. The summed E-state index contributed by atoms with van der Waals surface area (Å²) < 4.78 is 8.82. The Morgan fingerprint density at radius 1 is 0.531 bits per heavy atom. The quantitative estimate of drug-likeness (QED) is 0.187. The van der Waals surface area contributed by atoms with E-state index in [0.717, 1.165) is 34.0 Å². The zero-order valence-corrected chi connectivity index (χ0v) is 29.1. The molecule has 0 amide bonds. The van der Waals surface area contributed by atoms with Crippen LogP contribution in [0.25, 0.3) is 27.6 Å². The molecule has 5 heteroatoms. The minimum Gasteiger partial charge on any atom is -0.457 e. The van der Waals surface area contributed by atoms with Gasteiger partial charge in [0.25, 0.3) is 0 Å². The van der Waals surface area contributed by atoms with Crippen LogP contribution in [0.1, 0.15) is 52.7 Å². The third-order valence-electron chi connectivity index (χ3n) is 9.60. The second kappa shape index (κ2) is 11.6. The zero-order valence-electron chi connectivity index (χ0n) is 29.1. The molecule has 1 aliphatic rings. The molecule has 0 aliphatic carbocycles. The van der Waals surface area contributed by atoms with Crippen LogP contribution in [-0.2, 0) is 10.8 Å². The van der Waals surface area contributed by atoms with E-state index in [0.29, 0.717) is 6.67 Å². The van der Waals surface area contributed by atoms with Gasteiger partial charge in [-0.3, -0.25) is 4.57 Å². The first-order valence-corrected chi connectivity index (χ1v) is 17.1. The summed E-state index contributed by atoms with van der Waals surface area (Å²) >= 11 is 0. The van der Waals surface area contributed by atoms with Crippen molar-refractivity contribution in [3.05, 3.63) is 145 Å². The molecule has 0 saturated heterocycles. The molecule has 3 heterocycles. The molecule has 49 heavy (non-hydrogen) atoms. The topological polar surface area (TPSA) is 33.5 Å². The number of nitrogens with zero attached hydrogens (tertiary/aromatic N) is 4. The van der Waals surface area contributed by atoms with E-state index in [4.69, 9.17) is 4.74 Å². The highest BCUT2D eigenvalue weighted by molar-refractivity contribution is 6.09. The number of fused-ring (bicyclic) bond motifs is 4. The van der Waals surface area contributed by atoms with Gasteiger partial charge in [0.2, 0.25) is 0 Å². The molecule has 5 aromatic carbocycles. The molecule has 0 spiro atoms. The summed E-state index contributed by atoms with van der Waals surface area (Å²) in [6.07, 6.45) is 1.84. The van der Waals surface area contributed by atoms with Crippen molar-refractivity contribution in [1.29, 1.82) is 0 Å². The van der Waals surface area contributed by atoms with Crippen LogP contribution in [0.3, 0.4) is 0 Å². The van der Waals surface area contributed by atoms with E-state index in [1.165, 1.54) is 39.0 Å². The maximum atomic E-state index is 6.61. The van der Waals surface area contributed by atoms with Crippen LogP contribution in [0.5, 0.6) is 11.5 Å². The molecular weight excluding hydrogens is 601 g/mol. The molecule has 0 bridgehead atoms. The van der Waals surface area contributed by atoms with Crippen molar-refractivity contribution in [2.24, 2.45) is 0 Å². The number of anilines is 4. The van der Waals surface area contributed by atoms with E-state index in [2.05, 4.69) is 164 Å². The van der Waals surface area contributed by atoms with Crippen molar-refractivity contribution in [1.82, 2.24) is 9.55 Å². The fourth-order valence-corrected chi connectivity index (χ4v) is 6.89. The Labute approximate surface area is 289 Å². The van der Waals surface area contributed by atoms with E-state index in [1.54, 1.807) is 0 Å². The van der Waals surface area contributed by atoms with Crippen molar-refractivity contribution < 1.29 is 4.74 Å². The second-order valence-electron chi connectivity index (χ2n) is 15.1. The number of ether oxygens (including phenoxy) is 1. The van der Waals surface area contributed by atoms with Crippen LogP contribution >= 0.6 is 0 Å². The predicted molar refractivity (Wildman–Crippen MR) is 205 cm³/mol. The van der Waals surface area contributed by atoms with Gasteiger partial charge in [-0.05, 0) is 88.7 Å². The molecule has 244 valence electrons. The fraction of sp³-hybridized carbons (Fsp3) is 0.205. The molecular formula is C44H42N4O. The number of pyridine rings is 1. The van der Waals surface area contributed by atoms with Gasteiger partial charge in [0, 0.05) is 40.5 Å². The van der Waals surface area contributed by atoms with Crippen LogP contribution in [0.4, 0.5) is 22.7 Å². The van der Waals surface area contributed by atoms with Gasteiger partial charge >= 0.3 is 0 Å². The SMILES string of the molecule is CC(C)(C)c1cc(N2CN(c3cccc(Oc4ccc5c6ccccc6n(-c6ccccn6)c5c4)c3)c3ccccc32)cc(C(C)(C)C)c1. The van der Waals surface area contributed by atoms with E-state index in [-0.39, 0.29) is 10.8 Å². The third kappa shape index (κ3) is 5.59. The van der Waals surface area contributed by atoms with Gasteiger partial charge in [-0.2, -0.15) is 0 Å². The first-order chi connectivity index (χ1) is 23.5. The van der Waals surface area contributed by atoms with Crippen LogP contribution in [0, 0.1) is 0 Å². The third-order valence-corrected chi connectivity index (χ3v) is 9.60. The van der Waals surface area contributed by atoms with E-state index in [9.17, 15) is 0 Å². The lowest BCUT2D eigenvalue weighted by Gasteiger charge is -2.29. The monoisotopic (exact) mass is 642 g/mol. The number of benzene rings is 5. The Hall–Kier alpha value is -5.55. The van der Waals surface area contributed by atoms with E-state index >= 15 is 0 Å². The normalized spacial score (nSPS) is 13.3. The predicted octanol–water partition coefficient (Wildman–Crippen LogP) is 11.8. The lowest BCUT2D eigenvalue weighted by molar-refractivity contribution is 0.483. The Balaban J connectivity index is 1.15. The van der Waals surface area contributed by atoms with Gasteiger partial charge in [0.1, 0.15) is 24.0 Å². The molecule has 0 saturated carbocycles. The lowest BCUT2D eigenvalue weighted by atomic mass is 9.80. The van der Waals surface area contributed by atoms with Gasteiger partial charge in [-0.1, -0.05) is 90.1 Å². The Kier molecular flexibility index (Phi) is 7.25. The summed E-state index contributed by atoms with van der Waals surface area (Å²) in [5, 5.41) is 2.36. The highest BCUT2D eigenvalue weighted by atomic mass is 16.5. The van der Waals surface area contributed by atoms with Gasteiger partial charge < -0.3 is 14.5 Å². The minimum atomic E-state index is 0.0373. The Morgan fingerprint density at radius 3 is 1.86 bits per heavy atom. The van der Waals surface area contributed by atoms with Gasteiger partial charge in [0.05, 0.1) is 22.4 Å². The molecule has 8 rings (SSSR count). The molecule has 0 radical (unpaired) electrons. The number of rotatable bonds is 5. The van der Waals surface area contributed by atoms with E-state index in [1.807, 2.05) is 30.5 Å². The number of hydrogen-bond acceptors (Lipinski definition) is 4. The molecule has 2 aromatic heterocycles. The molecule has 0 atom stereocenters. The van der Waals surface area contributed by atoms with Crippen molar-refractivity contribution in [2.75, 3.05) is 16.5 Å². The van der Waals surface area contributed by atoms with Gasteiger partial charge in [0.15, 0.2) is 0 Å². The van der Waals surface area contributed by atoms with Crippen LogP contribution < -0.4 is 14.5 Å². The van der Waals surface area contributed by atoms with Crippen LogP contribution in [-0.4, -0.2) is 16.2 Å². The highest BCUT2D eigenvalue weighted by Crippen LogP contribution is 2.46. The second-order valence-corrected chi connectivity index (χ2v) is 15.1. The summed E-state index contributed by atoms with van der Waals surface area (Å²) in [5.74, 6) is 2.45. The molecule has 1 aliphatic heterocycles. The summed E-state index contributed by atoms with van der Waals surface area (Å²) in [4.78, 5) is 9.51. The number of hydrogen-bond donors (Lipinski definition) is 0. The average molecular weight is 643 g/mol. The summed E-state index contributed by atoms with van der Waals surface area (Å²) in [5.41, 5.74) is 9.63. The summed E-state index contributed by atoms with van der Waals surface area (Å²) in [6.45, 7) is 14.5. The Bertz CT molecular complexity index is 2290. The molecule has 7 aromatic rings. The summed E-state index contributed by atoms with van der Waals surface area (Å²) in [6, 6.07) is 45.1.